The van der Waals surface area contributed by atoms with Crippen molar-refractivity contribution in [2.24, 2.45) is 11.3 Å². The standard InChI is InChI=1S/C26H30N2O5/c1-16(23(29)28-22-12-7-13-26(22,2)24(30)31)14-27-25(32)33-15-21-19-10-5-3-8-17(19)18-9-4-6-11-20(18)21/h3-6,8-11,16,21-22H,7,12-15H2,1-2H3,(H,27,32)(H,28,29)(H,30,31). The van der Waals surface area contributed by atoms with Crippen molar-refractivity contribution in [1.82, 2.24) is 10.6 Å². The molecule has 1 saturated carbocycles. The summed E-state index contributed by atoms with van der Waals surface area (Å²) < 4.78 is 5.51. The Bertz CT molecular complexity index is 1020. The Hall–Kier alpha value is -3.35. The third-order valence-corrected chi connectivity index (χ3v) is 7.11. The van der Waals surface area contributed by atoms with E-state index in [0.29, 0.717) is 12.8 Å². The van der Waals surface area contributed by atoms with Gasteiger partial charge in [-0.2, -0.15) is 0 Å². The highest BCUT2D eigenvalue weighted by Crippen LogP contribution is 2.44. The topological polar surface area (TPSA) is 105 Å². The zero-order chi connectivity index (χ0) is 23.6. The number of carboxylic acid groups (broad SMARTS) is 1. The van der Waals surface area contributed by atoms with E-state index >= 15 is 0 Å². The summed E-state index contributed by atoms with van der Waals surface area (Å²) in [6.07, 6.45) is 1.37. The van der Waals surface area contributed by atoms with Crippen molar-refractivity contribution in [3.63, 3.8) is 0 Å². The summed E-state index contributed by atoms with van der Waals surface area (Å²) in [5.74, 6) is -1.70. The first-order chi connectivity index (χ1) is 15.8. The number of hydrogen-bond acceptors (Lipinski definition) is 4. The monoisotopic (exact) mass is 450 g/mol. The highest BCUT2D eigenvalue weighted by molar-refractivity contribution is 5.82. The number of nitrogens with one attached hydrogen (secondary N) is 2. The lowest BCUT2D eigenvalue weighted by atomic mass is 9.84. The maximum absolute atomic E-state index is 12.6. The zero-order valence-corrected chi connectivity index (χ0v) is 19.0. The smallest absolute Gasteiger partial charge is 0.407 e. The molecule has 0 heterocycles. The Balaban J connectivity index is 1.29. The molecule has 3 atom stereocenters. The number of benzene rings is 2. The van der Waals surface area contributed by atoms with Crippen molar-refractivity contribution in [3.8, 4) is 11.1 Å². The van der Waals surface area contributed by atoms with Crippen LogP contribution in [0.15, 0.2) is 48.5 Å². The molecular formula is C26H30N2O5. The number of hydrogen-bond donors (Lipinski definition) is 3. The van der Waals surface area contributed by atoms with Gasteiger partial charge in [-0.25, -0.2) is 4.79 Å². The fourth-order valence-electron chi connectivity index (χ4n) is 4.95. The Kier molecular flexibility index (Phi) is 6.40. The molecule has 3 unspecified atom stereocenters. The predicted molar refractivity (Wildman–Crippen MR) is 124 cm³/mol. The SMILES string of the molecule is CC(CNC(=O)OCC1c2ccccc2-c2ccccc21)C(=O)NC1CCCC1(C)C(=O)O. The summed E-state index contributed by atoms with van der Waals surface area (Å²) >= 11 is 0. The molecule has 0 saturated heterocycles. The van der Waals surface area contributed by atoms with E-state index in [4.69, 9.17) is 4.74 Å². The molecular weight excluding hydrogens is 420 g/mol. The van der Waals surface area contributed by atoms with Gasteiger partial charge in [0.25, 0.3) is 0 Å². The van der Waals surface area contributed by atoms with E-state index < -0.39 is 29.4 Å². The van der Waals surface area contributed by atoms with Gasteiger partial charge in [0.05, 0.1) is 11.3 Å². The van der Waals surface area contributed by atoms with E-state index in [1.54, 1.807) is 13.8 Å². The second-order valence-electron chi connectivity index (χ2n) is 9.28. The molecule has 2 aliphatic rings. The van der Waals surface area contributed by atoms with Gasteiger partial charge in [0, 0.05) is 18.5 Å². The molecule has 4 rings (SSSR count). The fraction of sp³-hybridized carbons (Fsp3) is 0.423. The van der Waals surface area contributed by atoms with Crippen LogP contribution in [0.1, 0.15) is 50.2 Å². The van der Waals surface area contributed by atoms with Crippen molar-refractivity contribution in [3.05, 3.63) is 59.7 Å². The van der Waals surface area contributed by atoms with Crippen molar-refractivity contribution >= 4 is 18.0 Å². The van der Waals surface area contributed by atoms with Gasteiger partial charge >= 0.3 is 12.1 Å². The maximum Gasteiger partial charge on any atom is 0.407 e. The minimum atomic E-state index is -0.949. The Labute approximate surface area is 193 Å². The molecule has 7 nitrogen and oxygen atoms in total. The molecule has 1 fully saturated rings. The average molecular weight is 451 g/mol. The van der Waals surface area contributed by atoms with Gasteiger partial charge in [-0.1, -0.05) is 61.9 Å². The zero-order valence-electron chi connectivity index (χ0n) is 19.0. The number of carbonyl (C=O) groups is 3. The van der Waals surface area contributed by atoms with Crippen LogP contribution in [0.3, 0.4) is 0 Å². The molecule has 2 aromatic carbocycles. The molecule has 0 bridgehead atoms. The lowest BCUT2D eigenvalue weighted by Crippen LogP contribution is -2.49. The van der Waals surface area contributed by atoms with Crippen LogP contribution in [0.25, 0.3) is 11.1 Å². The van der Waals surface area contributed by atoms with E-state index in [1.807, 2.05) is 24.3 Å². The lowest BCUT2D eigenvalue weighted by Gasteiger charge is -2.28. The fourth-order valence-corrected chi connectivity index (χ4v) is 4.95. The Morgan fingerprint density at radius 3 is 2.30 bits per heavy atom. The molecule has 0 spiro atoms. The second kappa shape index (κ2) is 9.25. The van der Waals surface area contributed by atoms with Gasteiger partial charge in [-0.3, -0.25) is 9.59 Å². The normalized spacial score (nSPS) is 22.2. The number of carbonyl (C=O) groups excluding carboxylic acids is 2. The van der Waals surface area contributed by atoms with Crippen molar-refractivity contribution < 1.29 is 24.2 Å². The first-order valence-electron chi connectivity index (χ1n) is 11.4. The van der Waals surface area contributed by atoms with E-state index in [1.165, 1.54) is 0 Å². The second-order valence-corrected chi connectivity index (χ2v) is 9.28. The van der Waals surface area contributed by atoms with Gasteiger partial charge < -0.3 is 20.5 Å². The van der Waals surface area contributed by atoms with Gasteiger partial charge in [0.2, 0.25) is 5.91 Å². The highest BCUT2D eigenvalue weighted by Gasteiger charge is 2.46. The van der Waals surface area contributed by atoms with Crippen LogP contribution in [0.4, 0.5) is 4.79 Å². The summed E-state index contributed by atoms with van der Waals surface area (Å²) in [5.41, 5.74) is 3.64. The molecule has 0 aromatic heterocycles. The van der Waals surface area contributed by atoms with Crippen LogP contribution in [0.5, 0.6) is 0 Å². The van der Waals surface area contributed by atoms with Crippen LogP contribution in [0.2, 0.25) is 0 Å². The number of aliphatic carboxylic acids is 1. The largest absolute Gasteiger partial charge is 0.481 e. The first-order valence-corrected chi connectivity index (χ1v) is 11.4. The third kappa shape index (κ3) is 4.45. The predicted octanol–water partition coefficient (Wildman–Crippen LogP) is 3.92. The van der Waals surface area contributed by atoms with E-state index in [9.17, 15) is 19.5 Å². The lowest BCUT2D eigenvalue weighted by molar-refractivity contribution is -0.149. The van der Waals surface area contributed by atoms with Crippen molar-refractivity contribution in [2.75, 3.05) is 13.2 Å². The number of amides is 2. The number of carboxylic acids is 1. The molecule has 3 N–H and O–H groups in total. The molecule has 2 aliphatic carbocycles. The molecule has 33 heavy (non-hydrogen) atoms. The minimum absolute atomic E-state index is 0.0278. The van der Waals surface area contributed by atoms with E-state index in [-0.39, 0.29) is 25.0 Å². The quantitative estimate of drug-likeness (QED) is 0.593. The number of fused-ring (bicyclic) bond motifs is 3. The minimum Gasteiger partial charge on any atom is -0.481 e. The molecule has 174 valence electrons. The summed E-state index contributed by atoms with van der Waals surface area (Å²) in [4.78, 5) is 36.5. The van der Waals surface area contributed by atoms with Crippen molar-refractivity contribution in [1.29, 1.82) is 0 Å². The number of alkyl carbamates (subject to hydrolysis) is 1. The molecule has 2 amide bonds. The summed E-state index contributed by atoms with van der Waals surface area (Å²) in [7, 11) is 0. The molecule has 0 aliphatic heterocycles. The van der Waals surface area contributed by atoms with Crippen LogP contribution in [0, 0.1) is 11.3 Å². The van der Waals surface area contributed by atoms with Gasteiger partial charge in [0.1, 0.15) is 6.61 Å². The molecule has 7 heteroatoms. The summed E-state index contributed by atoms with van der Waals surface area (Å²) in [6.45, 7) is 3.69. The van der Waals surface area contributed by atoms with Crippen LogP contribution in [-0.4, -0.2) is 42.3 Å². The first kappa shape index (κ1) is 22.8. The molecule has 0 radical (unpaired) electrons. The third-order valence-electron chi connectivity index (χ3n) is 7.11. The van der Waals surface area contributed by atoms with Crippen LogP contribution >= 0.6 is 0 Å². The van der Waals surface area contributed by atoms with Crippen LogP contribution in [-0.2, 0) is 14.3 Å². The van der Waals surface area contributed by atoms with Crippen LogP contribution < -0.4 is 10.6 Å². The highest BCUT2D eigenvalue weighted by atomic mass is 16.5. The van der Waals surface area contributed by atoms with Gasteiger partial charge in [0.15, 0.2) is 0 Å². The van der Waals surface area contributed by atoms with Gasteiger partial charge in [-0.05, 0) is 42.0 Å². The number of ether oxygens (including phenoxy) is 1. The Morgan fingerprint density at radius 1 is 1.09 bits per heavy atom. The van der Waals surface area contributed by atoms with E-state index in [0.717, 1.165) is 28.7 Å². The average Bonchev–Trinajstić information content (AvgIpc) is 3.34. The summed E-state index contributed by atoms with van der Waals surface area (Å²) in [5, 5.41) is 15.0. The maximum atomic E-state index is 12.6. The van der Waals surface area contributed by atoms with Crippen molar-refractivity contribution in [2.45, 2.75) is 45.1 Å². The Morgan fingerprint density at radius 2 is 1.70 bits per heavy atom. The van der Waals surface area contributed by atoms with Gasteiger partial charge in [-0.15, -0.1) is 0 Å². The summed E-state index contributed by atoms with van der Waals surface area (Å²) in [6, 6.07) is 15.8. The number of rotatable bonds is 7. The molecule has 2 aromatic rings. The van der Waals surface area contributed by atoms with E-state index in [2.05, 4.69) is 34.9 Å².